The van der Waals surface area contributed by atoms with Crippen LogP contribution in [0, 0.1) is 5.53 Å². The maximum atomic E-state index is 14.8. The molecule has 0 bridgehead atoms. The number of unbranched alkanes of at least 4 members (excludes halogenated alkanes) is 1. The fraction of sp³-hybridized carbons (Fsp3) is 0.400. The first-order valence-corrected chi connectivity index (χ1v) is 27.6. The number of amides is 8. The topological polar surface area (TPSA) is 405 Å². The van der Waals surface area contributed by atoms with Crippen LogP contribution < -0.4 is 48.3 Å². The highest BCUT2D eigenvalue weighted by Gasteiger charge is 2.36. The molecule has 0 aliphatic heterocycles. The molecule has 3 aromatic carbocycles. The van der Waals surface area contributed by atoms with Crippen LogP contribution in [-0.4, -0.2) is 163 Å². The van der Waals surface area contributed by atoms with Gasteiger partial charge in [-0.3, -0.25) is 38.4 Å². The average Bonchev–Trinajstić information content (AvgIpc) is 3.96. The van der Waals surface area contributed by atoms with Crippen molar-refractivity contribution in [2.24, 2.45) is 10.8 Å². The Kier molecular flexibility index (Phi) is 25.7. The largest absolute Gasteiger partial charge is 0.508 e. The number of hydrogen-bond acceptors (Lipinski definition) is 18. The molecule has 10 atom stereocenters. The van der Waals surface area contributed by atoms with Crippen molar-refractivity contribution in [2.45, 2.75) is 113 Å². The minimum atomic E-state index is -1.69. The number of phenols is 1. The number of benzene rings is 3. The third kappa shape index (κ3) is 19.4. The Hall–Kier alpha value is -7.95. The van der Waals surface area contributed by atoms with Crippen LogP contribution in [0.5, 0.6) is 5.75 Å². The summed E-state index contributed by atoms with van der Waals surface area (Å²) in [5.74, 6) is -7.48. The molecule has 2 heterocycles. The van der Waals surface area contributed by atoms with E-state index in [1.54, 1.807) is 60.8 Å². The van der Waals surface area contributed by atoms with Crippen LogP contribution in [0.2, 0.25) is 0 Å². The number of nitrogens with zero attached hydrogens (tertiary/aromatic N) is 2. The van der Waals surface area contributed by atoms with E-state index in [2.05, 4.69) is 82.9 Å². The normalized spacial score (nSPS) is 14.8. The van der Waals surface area contributed by atoms with Gasteiger partial charge in [0.15, 0.2) is 5.82 Å². The first kappa shape index (κ1) is 64.9. The third-order valence-corrected chi connectivity index (χ3v) is 13.9. The molecule has 0 aliphatic rings. The van der Waals surface area contributed by atoms with Gasteiger partial charge in [0.2, 0.25) is 41.4 Å². The zero-order valence-corrected chi connectivity index (χ0v) is 46.9. The first-order valence-electron chi connectivity index (χ1n) is 26.3. The Morgan fingerprint density at radius 2 is 1.13 bits per heavy atom. The monoisotopic (exact) mass is 1170 g/mol. The number of H-pyrrole nitrogens is 1. The highest BCUT2D eigenvalue weighted by molar-refractivity contribution is 7.80. The summed E-state index contributed by atoms with van der Waals surface area (Å²) in [5, 5.41) is 65.1. The Balaban J connectivity index is 1.42. The molecule has 0 unspecified atom stereocenters. The van der Waals surface area contributed by atoms with Gasteiger partial charge in [0.1, 0.15) is 48.0 Å². The summed E-state index contributed by atoms with van der Waals surface area (Å²) < 4.78 is 0. The summed E-state index contributed by atoms with van der Waals surface area (Å²) in [6.45, 7) is 2.15. The fourth-order valence-corrected chi connectivity index (χ4v) is 8.97. The predicted octanol–water partition coefficient (Wildman–Crippen LogP) is -0.106. The van der Waals surface area contributed by atoms with Crippen LogP contribution in [-0.2, 0) is 52.8 Å². The van der Waals surface area contributed by atoms with Crippen molar-refractivity contribution >= 4 is 89.2 Å². The highest BCUT2D eigenvalue weighted by atomic mass is 32.1. The molecule has 8 amide bonds. The van der Waals surface area contributed by atoms with Gasteiger partial charge >= 0.3 is 0 Å². The number of carbonyl (C=O) groups is 8. The Bertz CT molecular complexity index is 2950. The van der Waals surface area contributed by atoms with Crippen LogP contribution in [0.15, 0.2) is 109 Å². The van der Waals surface area contributed by atoms with E-state index in [4.69, 9.17) is 11.3 Å². The molecule has 25 nitrogen and oxygen atoms in total. The second-order valence-corrected chi connectivity index (χ2v) is 20.1. The number of fused-ring (bicyclic) bond motifs is 1. The minimum Gasteiger partial charge on any atom is -0.508 e. The van der Waals surface area contributed by atoms with E-state index in [-0.39, 0.29) is 67.3 Å². The molecule has 2 aromatic heterocycles. The van der Waals surface area contributed by atoms with Crippen molar-refractivity contribution in [1.29, 1.82) is 5.53 Å². The van der Waals surface area contributed by atoms with Crippen LogP contribution >= 0.6 is 25.3 Å². The molecule has 5 rings (SSSR count). The van der Waals surface area contributed by atoms with Gasteiger partial charge in [0.05, 0.1) is 30.4 Å². The van der Waals surface area contributed by atoms with Gasteiger partial charge in [-0.1, -0.05) is 60.7 Å². The summed E-state index contributed by atoms with van der Waals surface area (Å²) in [5.41, 5.74) is 15.4. The summed E-state index contributed by atoms with van der Waals surface area (Å²) in [6.07, 6.45) is 0.363. The van der Waals surface area contributed by atoms with Gasteiger partial charge in [-0.15, -0.1) is 5.11 Å². The number of aromatic amines is 1. The van der Waals surface area contributed by atoms with E-state index in [9.17, 15) is 58.8 Å². The fourth-order valence-electron chi connectivity index (χ4n) is 8.46. The lowest BCUT2D eigenvalue weighted by atomic mass is 10.0. The molecule has 16 N–H and O–H groups in total. The molecule has 82 heavy (non-hydrogen) atoms. The number of pyridine rings is 1. The SMILES string of the molecule is C[C@@H](O)[C@H](NC(=O)[C@H](CCCCN)NC(=O)[C@@H](Cc1c[nH]c2ccccc12)NC(=O)[C@H](Cc1ccc(O)cc1)NC(=O)[C@H](CS)NC(=O)[C@@H](Cc1ccccc1)NC(=O)c1ccc(N=N)nc1)C(=O)N[C@@H](CS)C(=O)N[C@H](CO)[C@@H](C)O. The summed E-state index contributed by atoms with van der Waals surface area (Å²) in [6, 6.07) is 13.2. The number of aliphatic hydroxyl groups is 3. The maximum absolute atomic E-state index is 14.8. The summed E-state index contributed by atoms with van der Waals surface area (Å²) in [4.78, 5) is 120. The number of nitrogens with one attached hydrogen (secondary N) is 10. The molecule has 440 valence electrons. The number of thiol groups is 2. The molecule has 27 heteroatoms. The van der Waals surface area contributed by atoms with E-state index in [1.165, 1.54) is 56.4 Å². The number of aromatic hydroxyl groups is 1. The van der Waals surface area contributed by atoms with E-state index in [1.807, 2.05) is 0 Å². The molecular weight excluding hydrogens is 1100 g/mol. The number of phenolic OH excluding ortho intramolecular Hbond substituents is 1. The van der Waals surface area contributed by atoms with E-state index >= 15 is 0 Å². The number of nitrogens with two attached hydrogens (primary N) is 1. The first-order chi connectivity index (χ1) is 39.3. The van der Waals surface area contributed by atoms with Crippen LogP contribution in [0.4, 0.5) is 5.82 Å². The molecule has 0 saturated carbocycles. The van der Waals surface area contributed by atoms with Gasteiger partial charge in [-0.2, -0.15) is 25.3 Å². The van der Waals surface area contributed by atoms with Gasteiger partial charge in [-0.25, -0.2) is 10.5 Å². The second-order valence-electron chi connectivity index (χ2n) is 19.4. The molecular formula is C55H71N13O12S2. The smallest absolute Gasteiger partial charge is 0.253 e. The average molecular weight is 1170 g/mol. The van der Waals surface area contributed by atoms with Crippen LogP contribution in [0.3, 0.4) is 0 Å². The van der Waals surface area contributed by atoms with Crippen LogP contribution in [0.1, 0.15) is 60.2 Å². The molecule has 0 spiro atoms. The quantitative estimate of drug-likeness (QED) is 0.0152. The lowest BCUT2D eigenvalue weighted by Gasteiger charge is -2.29. The minimum absolute atomic E-state index is 0.0130. The summed E-state index contributed by atoms with van der Waals surface area (Å²) >= 11 is 8.52. The number of aromatic nitrogens is 2. The second kappa shape index (κ2) is 32.5. The van der Waals surface area contributed by atoms with Gasteiger partial charge in [0, 0.05) is 54.1 Å². The van der Waals surface area contributed by atoms with E-state index in [0.717, 1.165) is 0 Å². The molecule has 0 saturated heterocycles. The lowest BCUT2D eigenvalue weighted by Crippen LogP contribution is -2.62. The lowest BCUT2D eigenvalue weighted by molar-refractivity contribution is -0.136. The van der Waals surface area contributed by atoms with Crippen molar-refractivity contribution in [3.8, 4) is 5.75 Å². The molecule has 0 fully saturated rings. The van der Waals surface area contributed by atoms with Gasteiger partial charge in [0.25, 0.3) is 5.91 Å². The zero-order valence-electron chi connectivity index (χ0n) is 45.1. The Labute approximate surface area is 483 Å². The Morgan fingerprint density at radius 3 is 1.70 bits per heavy atom. The Morgan fingerprint density at radius 1 is 0.610 bits per heavy atom. The third-order valence-electron chi connectivity index (χ3n) is 13.2. The summed E-state index contributed by atoms with van der Waals surface area (Å²) in [7, 11) is 0. The number of para-hydroxylation sites is 1. The highest BCUT2D eigenvalue weighted by Crippen LogP contribution is 2.20. The maximum Gasteiger partial charge on any atom is 0.253 e. The van der Waals surface area contributed by atoms with E-state index < -0.39 is 114 Å². The zero-order chi connectivity index (χ0) is 59.9. The van der Waals surface area contributed by atoms with Crippen molar-refractivity contribution in [3.05, 3.63) is 126 Å². The molecule has 0 aliphatic carbocycles. The number of hydrogen-bond donors (Lipinski definition) is 17. The molecule has 5 aromatic rings. The number of carbonyl (C=O) groups excluding carboxylic acids is 8. The number of rotatable bonds is 32. The van der Waals surface area contributed by atoms with E-state index in [0.29, 0.717) is 34.0 Å². The molecule has 0 radical (unpaired) electrons. The van der Waals surface area contributed by atoms with Crippen molar-refractivity contribution in [1.82, 2.24) is 52.5 Å². The van der Waals surface area contributed by atoms with Crippen molar-refractivity contribution in [2.75, 3.05) is 24.7 Å². The van der Waals surface area contributed by atoms with Crippen molar-refractivity contribution < 1.29 is 58.8 Å². The predicted molar refractivity (Wildman–Crippen MR) is 309 cm³/mol. The van der Waals surface area contributed by atoms with Crippen LogP contribution in [0.25, 0.3) is 10.9 Å². The number of aliphatic hydroxyl groups excluding tert-OH is 3. The van der Waals surface area contributed by atoms with Gasteiger partial charge < -0.3 is 73.7 Å². The standard InChI is InChI=1S/C55H71N13O12S2/c1-30(70)43(27-69)64-54(79)45(29-82)66-55(80)47(31(2)71)67-49(74)39(14-8-9-21-56)60-52(77)42(24-35-26-58-38-13-7-6-12-37(35)38)63-50(75)41(23-33-15-18-36(72)19-16-33)62-53(78)44(28-81)65-51(76)40(22-32-10-4-3-5-11-32)61-48(73)34-17-20-46(68-57)59-25-34/h3-7,10-13,15-20,25-26,30-31,39-45,47,57-58,69-72,81-82H,8-9,14,21-24,27-29,56H2,1-2H3,(H,60,77)(H,61,73)(H,62,78)(H,63,75)(H,64,79)(H,65,76)(H,66,80)(H,67,74)/t30-,31-,39+,40-,41+,42-,43-,44+,45+,47+/m1/s1. The van der Waals surface area contributed by atoms with Crippen molar-refractivity contribution in [3.63, 3.8) is 0 Å². The van der Waals surface area contributed by atoms with Gasteiger partial charge in [-0.05, 0) is 86.7 Å².